The van der Waals surface area contributed by atoms with Crippen molar-refractivity contribution in [3.8, 4) is 10.6 Å². The highest BCUT2D eigenvalue weighted by Gasteiger charge is 2.20. The smallest absolute Gasteiger partial charge is 0.325 e. The van der Waals surface area contributed by atoms with Crippen LogP contribution in [-0.4, -0.2) is 37.8 Å². The van der Waals surface area contributed by atoms with Crippen LogP contribution >= 0.6 is 11.3 Å². The van der Waals surface area contributed by atoms with Crippen molar-refractivity contribution in [3.05, 3.63) is 23.0 Å². The number of aryl methyl sites for hydroxylation is 2. The second kappa shape index (κ2) is 5.41. The van der Waals surface area contributed by atoms with E-state index in [0.29, 0.717) is 15.6 Å². The van der Waals surface area contributed by atoms with Gasteiger partial charge in [-0.1, -0.05) is 0 Å². The number of carboxylic acid groups (broad SMARTS) is 1. The van der Waals surface area contributed by atoms with Gasteiger partial charge in [0.1, 0.15) is 15.9 Å². The first-order valence-electron chi connectivity index (χ1n) is 5.88. The molecule has 2 aromatic rings. The van der Waals surface area contributed by atoms with Crippen LogP contribution in [0.3, 0.4) is 0 Å². The van der Waals surface area contributed by atoms with Crippen LogP contribution < -0.4 is 5.32 Å². The van der Waals surface area contributed by atoms with Crippen molar-refractivity contribution in [2.45, 2.75) is 19.9 Å². The minimum Gasteiger partial charge on any atom is -0.480 e. The van der Waals surface area contributed by atoms with Gasteiger partial charge in [-0.2, -0.15) is 5.10 Å². The van der Waals surface area contributed by atoms with Gasteiger partial charge in [-0.3, -0.25) is 14.3 Å². The number of hydrogen-bond donors (Lipinski definition) is 2. The summed E-state index contributed by atoms with van der Waals surface area (Å²) < 4.78 is 1.65. The zero-order valence-corrected chi connectivity index (χ0v) is 12.1. The van der Waals surface area contributed by atoms with Crippen molar-refractivity contribution in [1.82, 2.24) is 20.1 Å². The average molecular weight is 294 g/mol. The Bertz CT molecular complexity index is 661. The molecule has 106 valence electrons. The van der Waals surface area contributed by atoms with E-state index in [2.05, 4.69) is 15.4 Å². The van der Waals surface area contributed by atoms with Gasteiger partial charge in [0.15, 0.2) is 0 Å². The lowest BCUT2D eigenvalue weighted by atomic mass is 10.3. The molecule has 0 aromatic carbocycles. The highest BCUT2D eigenvalue weighted by atomic mass is 32.1. The highest BCUT2D eigenvalue weighted by molar-refractivity contribution is 7.17. The van der Waals surface area contributed by atoms with Gasteiger partial charge in [-0.25, -0.2) is 4.98 Å². The van der Waals surface area contributed by atoms with E-state index in [1.165, 1.54) is 18.3 Å². The van der Waals surface area contributed by atoms with Crippen molar-refractivity contribution in [2.24, 2.45) is 7.05 Å². The Morgan fingerprint density at radius 1 is 1.50 bits per heavy atom. The predicted octanol–water partition coefficient (Wildman–Crippen LogP) is 1.05. The van der Waals surface area contributed by atoms with E-state index in [1.54, 1.807) is 31.0 Å². The maximum atomic E-state index is 12.0. The normalized spacial score (nSPS) is 12.2. The summed E-state index contributed by atoms with van der Waals surface area (Å²) in [5.41, 5.74) is 1.40. The summed E-state index contributed by atoms with van der Waals surface area (Å²) in [6.07, 6.45) is 3.47. The predicted molar refractivity (Wildman–Crippen MR) is 73.6 cm³/mol. The van der Waals surface area contributed by atoms with Gasteiger partial charge in [0.05, 0.1) is 11.9 Å². The lowest BCUT2D eigenvalue weighted by molar-refractivity contribution is -0.138. The minimum absolute atomic E-state index is 0.414. The summed E-state index contributed by atoms with van der Waals surface area (Å²) in [6, 6.07) is -0.939. The first kappa shape index (κ1) is 14.2. The molecule has 0 aliphatic heterocycles. The Balaban J connectivity index is 2.23. The van der Waals surface area contributed by atoms with Crippen molar-refractivity contribution < 1.29 is 14.7 Å². The summed E-state index contributed by atoms with van der Waals surface area (Å²) in [4.78, 5) is 27.5. The van der Waals surface area contributed by atoms with Gasteiger partial charge in [-0.15, -0.1) is 11.3 Å². The number of carbonyl (C=O) groups excluding carboxylic acids is 1. The van der Waals surface area contributed by atoms with Crippen molar-refractivity contribution >= 4 is 23.2 Å². The van der Waals surface area contributed by atoms with Gasteiger partial charge in [0.2, 0.25) is 0 Å². The summed E-state index contributed by atoms with van der Waals surface area (Å²) in [5, 5.41) is 16.0. The topological polar surface area (TPSA) is 97.1 Å². The molecule has 2 aromatic heterocycles. The summed E-state index contributed by atoms with van der Waals surface area (Å²) >= 11 is 1.22. The number of aromatic nitrogens is 3. The van der Waals surface area contributed by atoms with Crippen LogP contribution in [0.1, 0.15) is 22.3 Å². The van der Waals surface area contributed by atoms with Crippen LogP contribution in [0.15, 0.2) is 12.4 Å². The number of carbonyl (C=O) groups is 2. The molecule has 0 aliphatic carbocycles. The number of nitrogens with one attached hydrogen (secondary N) is 1. The molecule has 8 heteroatoms. The third-order valence-electron chi connectivity index (χ3n) is 2.67. The molecule has 20 heavy (non-hydrogen) atoms. The van der Waals surface area contributed by atoms with Crippen LogP contribution in [0.2, 0.25) is 0 Å². The Kier molecular flexibility index (Phi) is 3.84. The maximum absolute atomic E-state index is 12.0. The first-order valence-corrected chi connectivity index (χ1v) is 6.70. The standard InChI is InChI=1S/C12H14N4O3S/c1-6-9(10(17)14-7(2)12(18)19)20-11(15-6)8-4-13-16(3)5-8/h4-5,7H,1-3H3,(H,14,17)(H,18,19)/t7-/m1/s1. The SMILES string of the molecule is Cc1nc(-c2cnn(C)c2)sc1C(=O)N[C@H](C)C(=O)O. The van der Waals surface area contributed by atoms with Crippen molar-refractivity contribution in [2.75, 3.05) is 0 Å². The largest absolute Gasteiger partial charge is 0.480 e. The van der Waals surface area contributed by atoms with Crippen LogP contribution in [0.5, 0.6) is 0 Å². The van der Waals surface area contributed by atoms with Crippen LogP contribution in [0.25, 0.3) is 10.6 Å². The molecular weight excluding hydrogens is 280 g/mol. The number of nitrogens with zero attached hydrogens (tertiary/aromatic N) is 3. The molecule has 0 saturated heterocycles. The van der Waals surface area contributed by atoms with E-state index in [9.17, 15) is 9.59 Å². The Morgan fingerprint density at radius 3 is 2.75 bits per heavy atom. The molecule has 2 N–H and O–H groups in total. The third-order valence-corrected chi connectivity index (χ3v) is 3.88. The quantitative estimate of drug-likeness (QED) is 0.878. The number of rotatable bonds is 4. The van der Waals surface area contributed by atoms with Crippen molar-refractivity contribution in [1.29, 1.82) is 0 Å². The first-order chi connectivity index (χ1) is 9.38. The van der Waals surface area contributed by atoms with Gasteiger partial charge < -0.3 is 10.4 Å². The fourth-order valence-corrected chi connectivity index (χ4v) is 2.53. The molecule has 7 nitrogen and oxygen atoms in total. The number of aliphatic carboxylic acids is 1. The lowest BCUT2D eigenvalue weighted by Crippen LogP contribution is -2.38. The van der Waals surface area contributed by atoms with Gasteiger partial charge in [-0.05, 0) is 13.8 Å². The number of amides is 1. The maximum Gasteiger partial charge on any atom is 0.325 e. The Hall–Kier alpha value is -2.22. The fourth-order valence-electron chi connectivity index (χ4n) is 1.59. The number of thiazole rings is 1. The molecule has 0 bridgehead atoms. The number of carboxylic acids is 1. The molecule has 0 fully saturated rings. The molecule has 1 amide bonds. The lowest BCUT2D eigenvalue weighted by Gasteiger charge is -2.07. The number of hydrogen-bond acceptors (Lipinski definition) is 5. The summed E-state index contributed by atoms with van der Waals surface area (Å²) in [5.74, 6) is -1.50. The van der Waals surface area contributed by atoms with E-state index < -0.39 is 17.9 Å². The Labute approximate surface area is 119 Å². The van der Waals surface area contributed by atoms with Crippen LogP contribution in [0.4, 0.5) is 0 Å². The second-order valence-corrected chi connectivity index (χ2v) is 5.37. The van der Waals surface area contributed by atoms with Gasteiger partial charge in [0.25, 0.3) is 5.91 Å². The van der Waals surface area contributed by atoms with Gasteiger partial charge in [0, 0.05) is 18.8 Å². The molecule has 0 aliphatic rings. The highest BCUT2D eigenvalue weighted by Crippen LogP contribution is 2.27. The van der Waals surface area contributed by atoms with E-state index >= 15 is 0 Å². The molecule has 0 radical (unpaired) electrons. The van der Waals surface area contributed by atoms with E-state index in [1.807, 2.05) is 0 Å². The third kappa shape index (κ3) is 2.85. The van der Waals surface area contributed by atoms with E-state index in [-0.39, 0.29) is 0 Å². The fraction of sp³-hybridized carbons (Fsp3) is 0.333. The minimum atomic E-state index is -1.08. The monoisotopic (exact) mass is 294 g/mol. The molecule has 0 spiro atoms. The Morgan fingerprint density at radius 2 is 2.20 bits per heavy atom. The zero-order chi connectivity index (χ0) is 14.9. The summed E-state index contributed by atoms with van der Waals surface area (Å²) in [7, 11) is 1.80. The van der Waals surface area contributed by atoms with Crippen LogP contribution in [-0.2, 0) is 11.8 Å². The average Bonchev–Trinajstić information content (AvgIpc) is 2.95. The summed E-state index contributed by atoms with van der Waals surface area (Å²) in [6.45, 7) is 3.13. The molecule has 2 heterocycles. The molecule has 1 atom stereocenters. The molecule has 2 rings (SSSR count). The second-order valence-electron chi connectivity index (χ2n) is 4.37. The van der Waals surface area contributed by atoms with E-state index in [0.717, 1.165) is 5.56 Å². The molecule has 0 unspecified atom stereocenters. The molecular formula is C12H14N4O3S. The van der Waals surface area contributed by atoms with Crippen LogP contribution in [0, 0.1) is 6.92 Å². The van der Waals surface area contributed by atoms with E-state index in [4.69, 9.17) is 5.11 Å². The molecule has 0 saturated carbocycles. The van der Waals surface area contributed by atoms with Crippen molar-refractivity contribution in [3.63, 3.8) is 0 Å². The zero-order valence-electron chi connectivity index (χ0n) is 11.2. The van der Waals surface area contributed by atoms with Gasteiger partial charge >= 0.3 is 5.97 Å².